The van der Waals surface area contributed by atoms with Crippen LogP contribution in [0.25, 0.3) is 11.1 Å². The molecule has 0 amide bonds. The van der Waals surface area contributed by atoms with E-state index in [0.717, 1.165) is 16.2 Å². The number of pyridine rings is 1. The Hall–Kier alpha value is -1.92. The summed E-state index contributed by atoms with van der Waals surface area (Å²) in [7, 11) is 0. The Morgan fingerprint density at radius 2 is 2.19 bits per heavy atom. The quantitative estimate of drug-likeness (QED) is 0.634. The first-order valence-electron chi connectivity index (χ1n) is 8.96. The summed E-state index contributed by atoms with van der Waals surface area (Å²) in [5.74, 6) is -1.06. The maximum atomic E-state index is 14.5. The number of nitrogens with one attached hydrogen (secondary N) is 1. The van der Waals surface area contributed by atoms with Gasteiger partial charge in [-0.25, -0.2) is 9.37 Å². The van der Waals surface area contributed by atoms with E-state index in [1.807, 2.05) is 18.2 Å². The molecule has 1 heterocycles. The van der Waals surface area contributed by atoms with Crippen LogP contribution in [0.15, 0.2) is 41.6 Å². The second-order valence-electron chi connectivity index (χ2n) is 6.51. The smallest absolute Gasteiger partial charge is 0.303 e. The number of rotatable bonds is 9. The third-order valence-corrected chi connectivity index (χ3v) is 5.88. The van der Waals surface area contributed by atoms with Crippen LogP contribution in [-0.2, 0) is 11.3 Å². The minimum Gasteiger partial charge on any atom is -0.481 e. The summed E-state index contributed by atoms with van der Waals surface area (Å²) in [6, 6.07) is 9.16. The highest BCUT2D eigenvalue weighted by Crippen LogP contribution is 2.39. The first-order chi connectivity index (χ1) is 12.6. The van der Waals surface area contributed by atoms with E-state index in [9.17, 15) is 9.18 Å². The van der Waals surface area contributed by atoms with Crippen molar-refractivity contribution in [3.8, 4) is 11.1 Å². The predicted molar refractivity (Wildman–Crippen MR) is 102 cm³/mol. The number of aliphatic carboxylic acids is 1. The Balaban J connectivity index is 1.64. The fourth-order valence-electron chi connectivity index (χ4n) is 2.80. The van der Waals surface area contributed by atoms with Crippen molar-refractivity contribution in [2.75, 3.05) is 6.54 Å². The number of thioether (sulfide) groups is 1. The van der Waals surface area contributed by atoms with Crippen LogP contribution in [-0.4, -0.2) is 27.9 Å². The lowest BCUT2D eigenvalue weighted by Crippen LogP contribution is -2.16. The van der Waals surface area contributed by atoms with Crippen molar-refractivity contribution in [2.24, 2.45) is 0 Å². The van der Waals surface area contributed by atoms with E-state index in [1.165, 1.54) is 19.3 Å². The topological polar surface area (TPSA) is 62.2 Å². The average molecular weight is 374 g/mol. The molecule has 1 aliphatic carbocycles. The lowest BCUT2D eigenvalue weighted by atomic mass is 10.00. The van der Waals surface area contributed by atoms with Crippen molar-refractivity contribution in [1.29, 1.82) is 0 Å². The lowest BCUT2D eigenvalue weighted by Gasteiger charge is -2.25. The van der Waals surface area contributed by atoms with E-state index in [0.29, 0.717) is 30.3 Å². The monoisotopic (exact) mass is 374 g/mol. The van der Waals surface area contributed by atoms with Gasteiger partial charge in [0.1, 0.15) is 10.8 Å². The summed E-state index contributed by atoms with van der Waals surface area (Å²) in [6.45, 7) is 0.945. The zero-order valence-corrected chi connectivity index (χ0v) is 15.4. The van der Waals surface area contributed by atoms with Crippen molar-refractivity contribution in [3.05, 3.63) is 47.9 Å². The molecule has 0 aliphatic heterocycles. The molecule has 1 saturated carbocycles. The van der Waals surface area contributed by atoms with Crippen molar-refractivity contribution in [1.82, 2.24) is 10.3 Å². The molecule has 4 nitrogen and oxygen atoms in total. The van der Waals surface area contributed by atoms with Gasteiger partial charge < -0.3 is 10.4 Å². The zero-order chi connectivity index (χ0) is 18.4. The molecule has 0 bridgehead atoms. The molecule has 2 aromatic rings. The third kappa shape index (κ3) is 5.05. The summed E-state index contributed by atoms with van der Waals surface area (Å²) in [4.78, 5) is 15.0. The molecular weight excluding hydrogens is 351 g/mol. The van der Waals surface area contributed by atoms with Gasteiger partial charge in [-0.1, -0.05) is 24.6 Å². The second-order valence-corrected chi connectivity index (χ2v) is 7.80. The van der Waals surface area contributed by atoms with Crippen molar-refractivity contribution in [3.63, 3.8) is 0 Å². The van der Waals surface area contributed by atoms with Crippen LogP contribution < -0.4 is 5.32 Å². The van der Waals surface area contributed by atoms with Gasteiger partial charge in [0.05, 0.1) is 0 Å². The summed E-state index contributed by atoms with van der Waals surface area (Å²) < 4.78 is 14.5. The van der Waals surface area contributed by atoms with Gasteiger partial charge in [0.2, 0.25) is 0 Å². The fourth-order valence-corrected chi connectivity index (χ4v) is 4.12. The Morgan fingerprint density at radius 3 is 2.88 bits per heavy atom. The van der Waals surface area contributed by atoms with Crippen molar-refractivity contribution < 1.29 is 14.3 Å². The van der Waals surface area contributed by atoms with E-state index in [-0.39, 0.29) is 12.2 Å². The van der Waals surface area contributed by atoms with Gasteiger partial charge in [-0.2, -0.15) is 0 Å². The predicted octanol–water partition coefficient (Wildman–Crippen LogP) is 4.49. The lowest BCUT2D eigenvalue weighted by molar-refractivity contribution is -0.137. The number of carbonyl (C=O) groups is 1. The number of aromatic nitrogens is 1. The first-order valence-corrected chi connectivity index (χ1v) is 9.84. The van der Waals surface area contributed by atoms with Crippen LogP contribution in [0.1, 0.15) is 37.7 Å². The van der Waals surface area contributed by atoms with Crippen LogP contribution in [0.4, 0.5) is 4.39 Å². The van der Waals surface area contributed by atoms with Gasteiger partial charge in [-0.3, -0.25) is 4.79 Å². The number of carboxylic acid groups (broad SMARTS) is 1. The van der Waals surface area contributed by atoms with Crippen LogP contribution >= 0.6 is 11.8 Å². The minimum atomic E-state index is -0.811. The van der Waals surface area contributed by atoms with Gasteiger partial charge in [0.15, 0.2) is 0 Å². The number of halogens is 1. The van der Waals surface area contributed by atoms with Crippen LogP contribution in [0.3, 0.4) is 0 Å². The van der Waals surface area contributed by atoms with Gasteiger partial charge in [-0.15, -0.1) is 11.8 Å². The van der Waals surface area contributed by atoms with Gasteiger partial charge >= 0.3 is 5.97 Å². The third-order valence-electron chi connectivity index (χ3n) is 4.53. The Bertz CT molecular complexity index is 765. The molecule has 6 heteroatoms. The molecule has 0 atom stereocenters. The second kappa shape index (κ2) is 9.14. The van der Waals surface area contributed by atoms with Gasteiger partial charge in [-0.05, 0) is 43.5 Å². The minimum absolute atomic E-state index is 0.122. The molecule has 138 valence electrons. The molecule has 0 saturated heterocycles. The van der Waals surface area contributed by atoms with Crippen molar-refractivity contribution in [2.45, 2.75) is 48.9 Å². The molecular formula is C20H23FN2O2S. The Morgan fingerprint density at radius 1 is 1.35 bits per heavy atom. The van der Waals surface area contributed by atoms with Crippen LogP contribution in [0, 0.1) is 5.82 Å². The first kappa shape index (κ1) is 18.9. The van der Waals surface area contributed by atoms with Crippen LogP contribution in [0.5, 0.6) is 0 Å². The molecule has 0 spiro atoms. The summed E-state index contributed by atoms with van der Waals surface area (Å²) in [5, 5.41) is 13.3. The molecule has 3 rings (SSSR count). The SMILES string of the molecule is O=C(O)CCCNCc1ccc(-c2cccnc2SC2CCC2)cc1F. The summed E-state index contributed by atoms with van der Waals surface area (Å²) >= 11 is 1.79. The number of carboxylic acids is 1. The van der Waals surface area contributed by atoms with Crippen molar-refractivity contribution >= 4 is 17.7 Å². The average Bonchev–Trinajstić information content (AvgIpc) is 2.59. The van der Waals surface area contributed by atoms with E-state index in [1.54, 1.807) is 30.1 Å². The Labute approximate surface area is 157 Å². The van der Waals surface area contributed by atoms with E-state index in [2.05, 4.69) is 10.3 Å². The Kier molecular flexibility index (Phi) is 6.63. The highest BCUT2D eigenvalue weighted by atomic mass is 32.2. The number of hydrogen-bond acceptors (Lipinski definition) is 4. The summed E-state index contributed by atoms with van der Waals surface area (Å²) in [5.41, 5.74) is 2.40. The van der Waals surface area contributed by atoms with E-state index >= 15 is 0 Å². The van der Waals surface area contributed by atoms with Gasteiger partial charge in [0, 0.05) is 35.5 Å². The molecule has 1 aromatic carbocycles. The molecule has 1 aromatic heterocycles. The molecule has 1 fully saturated rings. The van der Waals surface area contributed by atoms with Gasteiger partial charge in [0.25, 0.3) is 0 Å². The van der Waals surface area contributed by atoms with E-state index < -0.39 is 5.97 Å². The largest absolute Gasteiger partial charge is 0.481 e. The number of hydrogen-bond donors (Lipinski definition) is 2. The molecule has 0 unspecified atom stereocenters. The molecule has 26 heavy (non-hydrogen) atoms. The normalized spacial score (nSPS) is 14.2. The molecule has 2 N–H and O–H groups in total. The van der Waals surface area contributed by atoms with Crippen LogP contribution in [0.2, 0.25) is 0 Å². The maximum absolute atomic E-state index is 14.5. The number of benzene rings is 1. The highest BCUT2D eigenvalue weighted by Gasteiger charge is 2.21. The molecule has 1 aliphatic rings. The standard InChI is InChI=1S/C20H23FN2O2S/c21-18-12-14(8-9-15(18)13-22-10-3-7-19(24)25)17-6-2-11-23-20(17)26-16-4-1-5-16/h2,6,8-9,11-12,16,22H,1,3-5,7,10,13H2,(H,24,25). The number of nitrogens with zero attached hydrogens (tertiary/aromatic N) is 1. The molecule has 0 radical (unpaired) electrons. The highest BCUT2D eigenvalue weighted by molar-refractivity contribution is 8.00. The maximum Gasteiger partial charge on any atom is 0.303 e. The zero-order valence-electron chi connectivity index (χ0n) is 14.6. The van der Waals surface area contributed by atoms with E-state index in [4.69, 9.17) is 5.11 Å². The fraction of sp³-hybridized carbons (Fsp3) is 0.400. The summed E-state index contributed by atoms with van der Waals surface area (Å²) in [6.07, 6.45) is 6.17.